The van der Waals surface area contributed by atoms with E-state index in [1.165, 1.54) is 44.9 Å². The average molecular weight is 256 g/mol. The molecule has 0 radical (unpaired) electrons. The number of amides is 1. The maximum Gasteiger partial charge on any atom is 0.234 e. The van der Waals surface area contributed by atoms with Crippen LogP contribution in [0.2, 0.25) is 0 Å². The molecular formula is C14H22ClNO. The molecule has 0 unspecified atom stereocenters. The Hall–Kier alpha value is -0.240. The topological polar surface area (TPSA) is 29.1 Å². The van der Waals surface area contributed by atoms with Gasteiger partial charge >= 0.3 is 0 Å². The van der Waals surface area contributed by atoms with E-state index in [1.54, 1.807) is 0 Å². The predicted octanol–water partition coefficient (Wildman–Crippen LogP) is 2.95. The molecule has 0 aromatic heterocycles. The first kappa shape index (κ1) is 11.8. The van der Waals surface area contributed by atoms with Crippen LogP contribution >= 0.6 is 11.6 Å². The van der Waals surface area contributed by atoms with E-state index in [0.29, 0.717) is 5.41 Å². The van der Waals surface area contributed by atoms with Crippen LogP contribution in [-0.4, -0.2) is 18.3 Å². The lowest BCUT2D eigenvalue weighted by atomic mass is 9.49. The summed E-state index contributed by atoms with van der Waals surface area (Å²) < 4.78 is 0. The fourth-order valence-electron chi connectivity index (χ4n) is 5.11. The standard InChI is InChI=1S/C14H22ClNO/c15-9-13(17)16-2-1-14-6-10-3-11(7-14)5-12(4-10)8-14/h10-12H,1-9H2,(H,16,17). The summed E-state index contributed by atoms with van der Waals surface area (Å²) in [6, 6.07) is 0. The summed E-state index contributed by atoms with van der Waals surface area (Å²) >= 11 is 5.49. The Labute approximate surface area is 108 Å². The summed E-state index contributed by atoms with van der Waals surface area (Å²) in [6.07, 6.45) is 9.94. The van der Waals surface area contributed by atoms with E-state index in [-0.39, 0.29) is 11.8 Å². The van der Waals surface area contributed by atoms with Crippen LogP contribution in [0.1, 0.15) is 44.9 Å². The van der Waals surface area contributed by atoms with Gasteiger partial charge in [0.15, 0.2) is 0 Å². The summed E-state index contributed by atoms with van der Waals surface area (Å²) in [5, 5.41) is 2.94. The van der Waals surface area contributed by atoms with Gasteiger partial charge in [0.1, 0.15) is 5.88 Å². The lowest BCUT2D eigenvalue weighted by molar-refractivity contribution is -0.119. The molecule has 4 fully saturated rings. The molecule has 17 heavy (non-hydrogen) atoms. The molecule has 4 bridgehead atoms. The molecule has 0 saturated heterocycles. The molecule has 0 heterocycles. The average Bonchev–Trinajstić information content (AvgIpc) is 2.26. The second-order valence-electron chi connectivity index (χ2n) is 6.65. The van der Waals surface area contributed by atoms with Gasteiger partial charge in [0.05, 0.1) is 0 Å². The van der Waals surface area contributed by atoms with Gasteiger partial charge in [0.25, 0.3) is 0 Å². The monoisotopic (exact) mass is 255 g/mol. The maximum absolute atomic E-state index is 11.2. The molecule has 4 aliphatic rings. The van der Waals surface area contributed by atoms with Gasteiger partial charge in [-0.15, -0.1) is 11.6 Å². The molecular weight excluding hydrogens is 234 g/mol. The lowest BCUT2D eigenvalue weighted by Gasteiger charge is -2.57. The molecule has 3 heteroatoms. The number of hydrogen-bond donors (Lipinski definition) is 1. The second kappa shape index (κ2) is 4.46. The lowest BCUT2D eigenvalue weighted by Crippen LogP contribution is -2.47. The van der Waals surface area contributed by atoms with Crippen LogP contribution in [0.15, 0.2) is 0 Å². The van der Waals surface area contributed by atoms with Crippen LogP contribution in [0.25, 0.3) is 0 Å². The van der Waals surface area contributed by atoms with Gasteiger partial charge in [-0.25, -0.2) is 0 Å². The molecule has 4 saturated carbocycles. The van der Waals surface area contributed by atoms with Gasteiger partial charge in [0.2, 0.25) is 5.91 Å². The molecule has 2 nitrogen and oxygen atoms in total. The Kier molecular flexibility index (Phi) is 3.10. The first-order chi connectivity index (χ1) is 8.19. The van der Waals surface area contributed by atoms with Crippen LogP contribution in [0.5, 0.6) is 0 Å². The number of alkyl halides is 1. The highest BCUT2D eigenvalue weighted by molar-refractivity contribution is 6.27. The van der Waals surface area contributed by atoms with Crippen LogP contribution in [0.4, 0.5) is 0 Å². The molecule has 0 atom stereocenters. The number of carbonyl (C=O) groups is 1. The van der Waals surface area contributed by atoms with E-state index in [0.717, 1.165) is 24.3 Å². The molecule has 0 aromatic carbocycles. The SMILES string of the molecule is O=C(CCl)NCCC12CC3CC(CC(C3)C1)C2. The van der Waals surface area contributed by atoms with Crippen molar-refractivity contribution in [1.82, 2.24) is 5.32 Å². The third kappa shape index (κ3) is 2.33. The third-order valence-electron chi connectivity index (χ3n) is 5.26. The molecule has 4 rings (SSSR count). The second-order valence-corrected chi connectivity index (χ2v) is 6.92. The van der Waals surface area contributed by atoms with Crippen molar-refractivity contribution >= 4 is 17.5 Å². The summed E-state index contributed by atoms with van der Waals surface area (Å²) in [6.45, 7) is 0.831. The van der Waals surface area contributed by atoms with Crippen molar-refractivity contribution in [3.63, 3.8) is 0 Å². The Bertz CT molecular complexity index is 280. The van der Waals surface area contributed by atoms with Gasteiger partial charge in [-0.1, -0.05) is 0 Å². The zero-order chi connectivity index (χ0) is 11.9. The molecule has 1 amide bonds. The van der Waals surface area contributed by atoms with Crippen molar-refractivity contribution in [3.05, 3.63) is 0 Å². The zero-order valence-corrected chi connectivity index (χ0v) is 11.1. The van der Waals surface area contributed by atoms with Crippen molar-refractivity contribution in [2.24, 2.45) is 23.2 Å². The smallest absolute Gasteiger partial charge is 0.234 e. The van der Waals surface area contributed by atoms with Gasteiger partial charge < -0.3 is 5.32 Å². The summed E-state index contributed by atoms with van der Waals surface area (Å²) in [7, 11) is 0. The third-order valence-corrected chi connectivity index (χ3v) is 5.51. The van der Waals surface area contributed by atoms with Crippen molar-refractivity contribution in [1.29, 1.82) is 0 Å². The minimum atomic E-state index is -0.0172. The van der Waals surface area contributed by atoms with Crippen LogP contribution < -0.4 is 5.32 Å². The molecule has 1 N–H and O–H groups in total. The van der Waals surface area contributed by atoms with Crippen molar-refractivity contribution < 1.29 is 4.79 Å². The minimum absolute atomic E-state index is 0.0172. The van der Waals surface area contributed by atoms with E-state index in [9.17, 15) is 4.79 Å². The summed E-state index contributed by atoms with van der Waals surface area (Å²) in [5.41, 5.74) is 0.578. The number of rotatable bonds is 4. The Morgan fingerprint density at radius 3 is 2.12 bits per heavy atom. The molecule has 0 spiro atoms. The number of hydrogen-bond acceptors (Lipinski definition) is 1. The Morgan fingerprint density at radius 1 is 1.12 bits per heavy atom. The van der Waals surface area contributed by atoms with Crippen molar-refractivity contribution in [3.8, 4) is 0 Å². The first-order valence-corrected chi connectivity index (χ1v) is 7.55. The largest absolute Gasteiger partial charge is 0.355 e. The first-order valence-electron chi connectivity index (χ1n) is 7.02. The molecule has 96 valence electrons. The molecule has 0 aromatic rings. The Balaban J connectivity index is 1.57. The van der Waals surface area contributed by atoms with Gasteiger partial charge in [-0.3, -0.25) is 4.79 Å². The Morgan fingerprint density at radius 2 is 1.65 bits per heavy atom. The highest BCUT2D eigenvalue weighted by atomic mass is 35.5. The van der Waals surface area contributed by atoms with Crippen LogP contribution in [-0.2, 0) is 4.79 Å². The number of nitrogens with one attached hydrogen (secondary N) is 1. The van der Waals surface area contributed by atoms with Gasteiger partial charge in [0, 0.05) is 6.54 Å². The predicted molar refractivity (Wildman–Crippen MR) is 69.0 cm³/mol. The van der Waals surface area contributed by atoms with Crippen molar-refractivity contribution in [2.75, 3.05) is 12.4 Å². The highest BCUT2D eigenvalue weighted by Crippen LogP contribution is 2.61. The summed E-state index contributed by atoms with van der Waals surface area (Å²) in [4.78, 5) is 11.2. The van der Waals surface area contributed by atoms with Crippen molar-refractivity contribution in [2.45, 2.75) is 44.9 Å². The van der Waals surface area contributed by atoms with E-state index >= 15 is 0 Å². The highest BCUT2D eigenvalue weighted by Gasteiger charge is 2.50. The van der Waals surface area contributed by atoms with E-state index in [1.807, 2.05) is 0 Å². The maximum atomic E-state index is 11.2. The number of halogens is 1. The van der Waals surface area contributed by atoms with E-state index in [4.69, 9.17) is 11.6 Å². The van der Waals surface area contributed by atoms with Crippen LogP contribution in [0.3, 0.4) is 0 Å². The molecule has 0 aliphatic heterocycles. The number of carbonyl (C=O) groups excluding carboxylic acids is 1. The van der Waals surface area contributed by atoms with E-state index < -0.39 is 0 Å². The zero-order valence-electron chi connectivity index (χ0n) is 10.4. The minimum Gasteiger partial charge on any atom is -0.355 e. The quantitative estimate of drug-likeness (QED) is 0.769. The van der Waals surface area contributed by atoms with Gasteiger partial charge in [-0.2, -0.15) is 0 Å². The van der Waals surface area contributed by atoms with Gasteiger partial charge in [-0.05, 0) is 68.1 Å². The fraction of sp³-hybridized carbons (Fsp3) is 0.929. The van der Waals surface area contributed by atoms with Crippen LogP contribution in [0, 0.1) is 23.2 Å². The molecule has 4 aliphatic carbocycles. The van der Waals surface area contributed by atoms with E-state index in [2.05, 4.69) is 5.32 Å². The fourth-order valence-corrected chi connectivity index (χ4v) is 5.21. The summed E-state index contributed by atoms with van der Waals surface area (Å²) in [5.74, 6) is 3.09. The normalized spacial score (nSPS) is 42.8.